The number of nitrogens with one attached hydrogen (secondary N) is 2. The number of nitrogens with two attached hydrogens (primary N) is 1. The summed E-state index contributed by atoms with van der Waals surface area (Å²) in [4.78, 5) is 24.6. The van der Waals surface area contributed by atoms with E-state index < -0.39 is 6.04 Å². The molecule has 0 aliphatic rings. The van der Waals surface area contributed by atoms with Gasteiger partial charge >= 0.3 is 0 Å². The Balaban J connectivity index is 0.00000576. The summed E-state index contributed by atoms with van der Waals surface area (Å²) in [6.45, 7) is 6.45. The number of rotatable bonds is 10. The zero-order chi connectivity index (χ0) is 18.0. The van der Waals surface area contributed by atoms with Crippen LogP contribution in [0.15, 0.2) is 30.3 Å². The van der Waals surface area contributed by atoms with Crippen LogP contribution in [0.2, 0.25) is 0 Å². The molecule has 0 aliphatic heterocycles. The number of halogens is 1. The molecule has 6 heteroatoms. The molecule has 1 unspecified atom stereocenters. The van der Waals surface area contributed by atoms with E-state index in [0.29, 0.717) is 13.0 Å². The third-order valence-corrected chi connectivity index (χ3v) is 4.46. The normalized spacial score (nSPS) is 12.0. The van der Waals surface area contributed by atoms with Crippen molar-refractivity contribution in [3.8, 4) is 0 Å². The number of hydrogen-bond acceptors (Lipinski definition) is 3. The van der Waals surface area contributed by atoms with E-state index in [1.807, 2.05) is 51.1 Å². The van der Waals surface area contributed by atoms with E-state index >= 15 is 0 Å². The quantitative estimate of drug-likeness (QED) is 0.592. The summed E-state index contributed by atoms with van der Waals surface area (Å²) in [5.74, 6) is -0.296. The van der Waals surface area contributed by atoms with E-state index in [4.69, 9.17) is 5.73 Å². The number of hydrogen-bond donors (Lipinski definition) is 3. The Kier molecular flexibility index (Phi) is 11.1. The molecule has 0 aliphatic carbocycles. The van der Waals surface area contributed by atoms with Gasteiger partial charge in [-0.25, -0.2) is 0 Å². The molecular weight excluding hydrogens is 338 g/mol. The van der Waals surface area contributed by atoms with E-state index in [9.17, 15) is 9.59 Å². The monoisotopic (exact) mass is 369 g/mol. The zero-order valence-corrected chi connectivity index (χ0v) is 16.3. The van der Waals surface area contributed by atoms with Crippen LogP contribution in [0.25, 0.3) is 0 Å². The first kappa shape index (κ1) is 23.4. The minimum atomic E-state index is -0.510. The molecule has 2 amide bonds. The lowest BCUT2D eigenvalue weighted by Crippen LogP contribution is -2.54. The molecule has 25 heavy (non-hydrogen) atoms. The van der Waals surface area contributed by atoms with Gasteiger partial charge in [0.2, 0.25) is 11.8 Å². The van der Waals surface area contributed by atoms with Crippen molar-refractivity contribution in [1.82, 2.24) is 10.6 Å². The molecular formula is C19H32ClN3O2. The molecule has 0 heterocycles. The molecule has 0 spiro atoms. The number of amides is 2. The highest BCUT2D eigenvalue weighted by Crippen LogP contribution is 2.10. The Labute approximate surface area is 157 Å². The van der Waals surface area contributed by atoms with Gasteiger partial charge in [-0.15, -0.1) is 12.4 Å². The maximum Gasteiger partial charge on any atom is 0.242 e. The second-order valence-electron chi connectivity index (χ2n) is 6.36. The van der Waals surface area contributed by atoms with E-state index in [2.05, 4.69) is 10.6 Å². The highest BCUT2D eigenvalue weighted by atomic mass is 35.5. The molecule has 1 aromatic rings. The average molecular weight is 370 g/mol. The molecule has 4 N–H and O–H groups in total. The minimum Gasteiger partial charge on any atom is -0.352 e. The van der Waals surface area contributed by atoms with Crippen LogP contribution in [0.5, 0.6) is 0 Å². The highest BCUT2D eigenvalue weighted by molar-refractivity contribution is 5.88. The van der Waals surface area contributed by atoms with Crippen molar-refractivity contribution in [2.45, 2.75) is 64.5 Å². The van der Waals surface area contributed by atoms with Crippen LogP contribution < -0.4 is 16.4 Å². The first-order valence-electron chi connectivity index (χ1n) is 8.84. The van der Waals surface area contributed by atoms with E-state index in [-0.39, 0.29) is 36.2 Å². The Morgan fingerprint density at radius 2 is 1.72 bits per heavy atom. The predicted molar refractivity (Wildman–Crippen MR) is 105 cm³/mol. The fraction of sp³-hybridized carbons (Fsp3) is 0.579. The lowest BCUT2D eigenvalue weighted by molar-refractivity contribution is -0.129. The lowest BCUT2D eigenvalue weighted by Gasteiger charge is -2.28. The van der Waals surface area contributed by atoms with Crippen molar-refractivity contribution < 1.29 is 9.59 Å². The molecule has 0 radical (unpaired) electrons. The zero-order valence-electron chi connectivity index (χ0n) is 15.5. The molecule has 0 fully saturated rings. The van der Waals surface area contributed by atoms with Crippen LogP contribution in [0, 0.1) is 0 Å². The van der Waals surface area contributed by atoms with E-state index in [0.717, 1.165) is 24.8 Å². The lowest BCUT2D eigenvalue weighted by atomic mass is 9.94. The molecule has 1 rings (SSSR count). The topological polar surface area (TPSA) is 84.2 Å². The average Bonchev–Trinajstić information content (AvgIpc) is 2.59. The highest BCUT2D eigenvalue weighted by Gasteiger charge is 2.24. The summed E-state index contributed by atoms with van der Waals surface area (Å²) < 4.78 is 0. The van der Waals surface area contributed by atoms with Gasteiger partial charge in [0.25, 0.3) is 0 Å². The van der Waals surface area contributed by atoms with Gasteiger partial charge in [-0.3, -0.25) is 9.59 Å². The Morgan fingerprint density at radius 1 is 1.12 bits per heavy atom. The maximum absolute atomic E-state index is 12.4. The van der Waals surface area contributed by atoms with Gasteiger partial charge in [-0.05, 0) is 24.8 Å². The van der Waals surface area contributed by atoms with Crippen LogP contribution >= 0.6 is 12.4 Å². The number of carbonyl (C=O) groups excluding carboxylic acids is 2. The summed E-state index contributed by atoms with van der Waals surface area (Å²) in [6, 6.07) is 9.00. The third-order valence-electron chi connectivity index (χ3n) is 4.46. The van der Waals surface area contributed by atoms with Gasteiger partial charge in [0.1, 0.15) is 6.04 Å². The maximum atomic E-state index is 12.4. The SMILES string of the molecule is CCCC(NC(=O)Cc1ccccc1)C(=O)NCC(N)(CC)CC.Cl. The minimum absolute atomic E-state index is 0. The van der Waals surface area contributed by atoms with Gasteiger partial charge in [0.05, 0.1) is 6.42 Å². The van der Waals surface area contributed by atoms with Gasteiger partial charge < -0.3 is 16.4 Å². The van der Waals surface area contributed by atoms with Gasteiger partial charge in [0.15, 0.2) is 0 Å². The molecule has 5 nitrogen and oxygen atoms in total. The van der Waals surface area contributed by atoms with Gasteiger partial charge in [-0.2, -0.15) is 0 Å². The smallest absolute Gasteiger partial charge is 0.242 e. The first-order valence-corrected chi connectivity index (χ1v) is 8.84. The van der Waals surface area contributed by atoms with Crippen LogP contribution in [0.4, 0.5) is 0 Å². The third kappa shape index (κ3) is 8.36. The largest absolute Gasteiger partial charge is 0.352 e. The summed E-state index contributed by atoms with van der Waals surface area (Å²) in [7, 11) is 0. The summed E-state index contributed by atoms with van der Waals surface area (Å²) in [5.41, 5.74) is 6.77. The fourth-order valence-corrected chi connectivity index (χ4v) is 2.47. The molecule has 0 bridgehead atoms. The van der Waals surface area contributed by atoms with Crippen molar-refractivity contribution in [3.05, 3.63) is 35.9 Å². The summed E-state index contributed by atoms with van der Waals surface area (Å²) >= 11 is 0. The Morgan fingerprint density at radius 3 is 2.24 bits per heavy atom. The summed E-state index contributed by atoms with van der Waals surface area (Å²) in [5, 5.41) is 5.75. The molecule has 1 atom stereocenters. The predicted octanol–water partition coefficient (Wildman–Crippen LogP) is 2.57. The Bertz CT molecular complexity index is 519. The Hall–Kier alpha value is -1.59. The molecule has 1 aromatic carbocycles. The van der Waals surface area contributed by atoms with Crippen molar-refractivity contribution >= 4 is 24.2 Å². The van der Waals surface area contributed by atoms with Crippen molar-refractivity contribution in [2.24, 2.45) is 5.73 Å². The van der Waals surface area contributed by atoms with Crippen LogP contribution in [0.1, 0.15) is 52.0 Å². The van der Waals surface area contributed by atoms with Crippen LogP contribution in [0.3, 0.4) is 0 Å². The molecule has 142 valence electrons. The van der Waals surface area contributed by atoms with E-state index in [1.165, 1.54) is 0 Å². The van der Waals surface area contributed by atoms with Crippen LogP contribution in [-0.2, 0) is 16.0 Å². The van der Waals surface area contributed by atoms with Crippen molar-refractivity contribution in [1.29, 1.82) is 0 Å². The van der Waals surface area contributed by atoms with Crippen molar-refractivity contribution in [3.63, 3.8) is 0 Å². The second kappa shape index (κ2) is 11.9. The standard InChI is InChI=1S/C19H31N3O2.ClH/c1-4-10-16(18(24)21-14-19(20,5-2)6-3)22-17(23)13-15-11-8-7-9-12-15;/h7-9,11-12,16H,4-6,10,13-14,20H2,1-3H3,(H,21,24)(H,22,23);1H. The number of carbonyl (C=O) groups is 2. The van der Waals surface area contributed by atoms with Crippen LogP contribution in [-0.4, -0.2) is 29.9 Å². The van der Waals surface area contributed by atoms with E-state index in [1.54, 1.807) is 0 Å². The number of benzene rings is 1. The summed E-state index contributed by atoms with van der Waals surface area (Å²) in [6.07, 6.45) is 3.30. The van der Waals surface area contributed by atoms with Gasteiger partial charge in [0, 0.05) is 12.1 Å². The second-order valence-corrected chi connectivity index (χ2v) is 6.36. The van der Waals surface area contributed by atoms with Crippen molar-refractivity contribution in [2.75, 3.05) is 6.54 Å². The fourth-order valence-electron chi connectivity index (χ4n) is 2.47. The first-order chi connectivity index (χ1) is 11.4. The molecule has 0 saturated heterocycles. The molecule has 0 aromatic heterocycles. The molecule has 0 saturated carbocycles. The van der Waals surface area contributed by atoms with Gasteiger partial charge in [-0.1, -0.05) is 57.5 Å².